The molecule has 1 aliphatic heterocycles. The van der Waals surface area contributed by atoms with Crippen LogP contribution >= 0.6 is 0 Å². The van der Waals surface area contributed by atoms with Crippen LogP contribution in [-0.2, 0) is 0 Å². The molecule has 0 N–H and O–H groups in total. The minimum absolute atomic E-state index is 0. The molecule has 0 bridgehead atoms. The van der Waals surface area contributed by atoms with E-state index in [4.69, 9.17) is 10.5 Å². The van der Waals surface area contributed by atoms with E-state index in [0.29, 0.717) is 0 Å². The molecule has 1 aliphatic rings. The van der Waals surface area contributed by atoms with Gasteiger partial charge in [0.25, 0.3) is 0 Å². The Hall–Kier alpha value is -1.16. The summed E-state index contributed by atoms with van der Waals surface area (Å²) in [6, 6.07) is 2.47. The summed E-state index contributed by atoms with van der Waals surface area (Å²) in [6.45, 7) is 4.55. The zero-order valence-corrected chi connectivity index (χ0v) is 12.8. The predicted octanol–water partition coefficient (Wildman–Crippen LogP) is 1.36. The van der Waals surface area contributed by atoms with Gasteiger partial charge in [0.05, 0.1) is 6.67 Å². The van der Waals surface area contributed by atoms with E-state index >= 15 is 0 Å². The number of hydrogen-bond donors (Lipinski definition) is 0. The van der Waals surface area contributed by atoms with Gasteiger partial charge in [0, 0.05) is 26.0 Å². The zero-order chi connectivity index (χ0) is 12.2. The van der Waals surface area contributed by atoms with Gasteiger partial charge in [0.15, 0.2) is 12.1 Å². The summed E-state index contributed by atoms with van der Waals surface area (Å²) in [5.41, 5.74) is 0. The molecular weight excluding hydrogens is 279 g/mol. The summed E-state index contributed by atoms with van der Waals surface area (Å²) in [7, 11) is 2.11. The van der Waals surface area contributed by atoms with Crippen LogP contribution in [0.4, 0.5) is 0 Å². The van der Waals surface area contributed by atoms with E-state index in [2.05, 4.69) is 36.2 Å². The van der Waals surface area contributed by atoms with E-state index in [1.807, 2.05) is 0 Å². The third kappa shape index (κ3) is 11.1. The molecule has 0 spiro atoms. The molecule has 96 valence electrons. The van der Waals surface area contributed by atoms with Crippen LogP contribution < -0.4 is 0 Å². The fraction of sp³-hybridized carbons (Fsp3) is 0.667. The van der Waals surface area contributed by atoms with Crippen LogP contribution in [0, 0.1) is 22.7 Å². The molecule has 0 aliphatic carbocycles. The topological polar surface area (TPSA) is 54.1 Å². The maximum atomic E-state index is 7.26. The first-order valence-corrected chi connectivity index (χ1v) is 5.65. The quantitative estimate of drug-likeness (QED) is 0.568. The summed E-state index contributed by atoms with van der Waals surface area (Å²) in [5, 5.41) is 14.5. The molecule has 1 heterocycles. The van der Waals surface area contributed by atoms with Gasteiger partial charge in [0.1, 0.15) is 0 Å². The van der Waals surface area contributed by atoms with E-state index in [1.54, 1.807) is 0 Å². The first kappa shape index (κ1) is 18.2. The molecule has 5 heteroatoms. The van der Waals surface area contributed by atoms with Crippen molar-refractivity contribution in [3.63, 3.8) is 0 Å². The van der Waals surface area contributed by atoms with Crippen LogP contribution in [0.2, 0.25) is 0 Å². The SMILES string of the molecule is CCCCCCN1C=CN(C)C1.N#CC#N.[SeH2]. The van der Waals surface area contributed by atoms with Crippen LogP contribution in [0.1, 0.15) is 32.6 Å². The van der Waals surface area contributed by atoms with Gasteiger partial charge in [-0.1, -0.05) is 26.2 Å². The third-order valence-electron chi connectivity index (χ3n) is 2.29. The van der Waals surface area contributed by atoms with Gasteiger partial charge in [0.2, 0.25) is 0 Å². The molecule has 1 rings (SSSR count). The van der Waals surface area contributed by atoms with Crippen molar-refractivity contribution in [2.45, 2.75) is 32.6 Å². The molecule has 0 aromatic rings. The molecule has 0 saturated heterocycles. The molecule has 0 radical (unpaired) electrons. The van der Waals surface area contributed by atoms with E-state index in [1.165, 1.54) is 44.4 Å². The molecule has 4 nitrogen and oxygen atoms in total. The van der Waals surface area contributed by atoms with Crippen LogP contribution in [0.5, 0.6) is 0 Å². The Morgan fingerprint density at radius 2 is 1.76 bits per heavy atom. The van der Waals surface area contributed by atoms with Crippen molar-refractivity contribution in [1.82, 2.24) is 9.80 Å². The summed E-state index contributed by atoms with van der Waals surface area (Å²) < 4.78 is 0. The van der Waals surface area contributed by atoms with Crippen molar-refractivity contribution in [3.05, 3.63) is 12.4 Å². The molecule has 0 fully saturated rings. The van der Waals surface area contributed by atoms with E-state index in [0.717, 1.165) is 6.67 Å². The Morgan fingerprint density at radius 1 is 1.12 bits per heavy atom. The third-order valence-corrected chi connectivity index (χ3v) is 2.29. The number of rotatable bonds is 5. The monoisotopic (exact) mass is 302 g/mol. The normalized spacial score (nSPS) is 12.0. The van der Waals surface area contributed by atoms with Gasteiger partial charge in [-0.25, -0.2) is 0 Å². The fourth-order valence-electron chi connectivity index (χ4n) is 1.48. The Balaban J connectivity index is 0. The van der Waals surface area contributed by atoms with Gasteiger partial charge in [-0.2, -0.15) is 10.5 Å². The van der Waals surface area contributed by atoms with Crippen molar-refractivity contribution >= 4 is 17.1 Å². The Labute approximate surface area is 115 Å². The molecule has 17 heavy (non-hydrogen) atoms. The second-order valence-corrected chi connectivity index (χ2v) is 3.79. The van der Waals surface area contributed by atoms with Gasteiger partial charge < -0.3 is 9.80 Å². The summed E-state index contributed by atoms with van der Waals surface area (Å²) >= 11 is 0. The Bertz CT molecular complexity index is 265. The van der Waals surface area contributed by atoms with E-state index in [-0.39, 0.29) is 17.1 Å². The molecule has 0 aromatic heterocycles. The van der Waals surface area contributed by atoms with Crippen molar-refractivity contribution < 1.29 is 0 Å². The number of hydrogen-bond acceptors (Lipinski definition) is 4. The molecule has 0 unspecified atom stereocenters. The average molecular weight is 301 g/mol. The van der Waals surface area contributed by atoms with Gasteiger partial charge in [-0.3, -0.25) is 0 Å². The number of nitrogens with zero attached hydrogens (tertiary/aromatic N) is 4. The second kappa shape index (κ2) is 12.9. The molecule has 0 amide bonds. The van der Waals surface area contributed by atoms with Crippen molar-refractivity contribution in [1.29, 1.82) is 10.5 Å². The first-order valence-electron chi connectivity index (χ1n) is 5.65. The minimum atomic E-state index is 0. The number of unbranched alkanes of at least 4 members (excludes halogenated alkanes) is 3. The number of nitriles is 2. The van der Waals surface area contributed by atoms with E-state index < -0.39 is 0 Å². The maximum absolute atomic E-state index is 7.26. The molecule has 0 atom stereocenters. The average Bonchev–Trinajstić information content (AvgIpc) is 2.71. The van der Waals surface area contributed by atoms with Crippen LogP contribution in [0.25, 0.3) is 0 Å². The first-order chi connectivity index (χ1) is 7.74. The Morgan fingerprint density at radius 3 is 2.18 bits per heavy atom. The van der Waals surface area contributed by atoms with Crippen molar-refractivity contribution in [2.24, 2.45) is 0 Å². The van der Waals surface area contributed by atoms with Crippen LogP contribution in [-0.4, -0.2) is 47.1 Å². The zero-order valence-electron chi connectivity index (χ0n) is 10.7. The van der Waals surface area contributed by atoms with Gasteiger partial charge >= 0.3 is 17.1 Å². The fourth-order valence-corrected chi connectivity index (χ4v) is 1.48. The predicted molar refractivity (Wildman–Crippen MR) is 72.4 cm³/mol. The molecule has 0 saturated carbocycles. The molecule has 0 aromatic carbocycles. The summed E-state index contributed by atoms with van der Waals surface area (Å²) in [6.07, 6.45) is 9.76. The van der Waals surface area contributed by atoms with Crippen molar-refractivity contribution in [3.8, 4) is 12.1 Å². The second-order valence-electron chi connectivity index (χ2n) is 3.79. The summed E-state index contributed by atoms with van der Waals surface area (Å²) in [5.74, 6) is 0. The van der Waals surface area contributed by atoms with Crippen LogP contribution in [0.15, 0.2) is 12.4 Å². The van der Waals surface area contributed by atoms with Crippen molar-refractivity contribution in [2.75, 3.05) is 20.3 Å². The Kier molecular flexibility index (Phi) is 13.8. The standard InChI is InChI=1S/C10H20N2.C2N2.H2Se/c1-3-4-5-6-7-12-9-8-11(2)10-12;3-1-2-4;/h8-9H,3-7,10H2,1-2H3;;1H2. The van der Waals surface area contributed by atoms with E-state index in [9.17, 15) is 0 Å². The van der Waals surface area contributed by atoms with Crippen LogP contribution in [0.3, 0.4) is 0 Å². The summed E-state index contributed by atoms with van der Waals surface area (Å²) in [4.78, 5) is 4.58. The van der Waals surface area contributed by atoms with Gasteiger partial charge in [-0.15, -0.1) is 0 Å². The van der Waals surface area contributed by atoms with Gasteiger partial charge in [-0.05, 0) is 6.42 Å². The molecular formula is C12H22N4Se.